The highest BCUT2D eigenvalue weighted by atomic mass is 16.3. The van der Waals surface area contributed by atoms with Gasteiger partial charge in [-0.2, -0.15) is 5.26 Å². The number of nitriles is 1. The van der Waals surface area contributed by atoms with Gasteiger partial charge in [0.2, 0.25) is 0 Å². The van der Waals surface area contributed by atoms with Crippen LogP contribution in [0.25, 0.3) is 11.1 Å². The van der Waals surface area contributed by atoms with E-state index in [1.807, 2.05) is 18.2 Å². The van der Waals surface area contributed by atoms with Crippen molar-refractivity contribution >= 4 is 11.1 Å². The monoisotopic (exact) mass is 329 g/mol. The Bertz CT molecular complexity index is 916. The SMILES string of the molecule is CC[C@@H]1Cc2cc(O)ccc2C2=C1c1ccc(C#N)cc1C[C@@H]2CC. The zero-order valence-electron chi connectivity index (χ0n) is 14.8. The molecule has 0 radical (unpaired) electrons. The minimum absolute atomic E-state index is 0.362. The number of fused-ring (bicyclic) bond motifs is 4. The lowest BCUT2D eigenvalue weighted by molar-refractivity contribution is 0.473. The van der Waals surface area contributed by atoms with E-state index >= 15 is 0 Å². The summed E-state index contributed by atoms with van der Waals surface area (Å²) in [6.07, 6.45) is 4.15. The van der Waals surface area contributed by atoms with Crippen LogP contribution >= 0.6 is 0 Å². The van der Waals surface area contributed by atoms with Gasteiger partial charge >= 0.3 is 0 Å². The Kier molecular flexibility index (Phi) is 3.88. The van der Waals surface area contributed by atoms with E-state index in [2.05, 4.69) is 38.1 Å². The molecular weight excluding hydrogens is 306 g/mol. The third-order valence-electron chi connectivity index (χ3n) is 5.93. The summed E-state index contributed by atoms with van der Waals surface area (Å²) in [7, 11) is 0. The molecule has 126 valence electrons. The number of allylic oxidation sites excluding steroid dienone is 2. The largest absolute Gasteiger partial charge is 0.508 e. The fourth-order valence-corrected chi connectivity index (χ4v) is 4.71. The van der Waals surface area contributed by atoms with Crippen molar-refractivity contribution in [3.63, 3.8) is 0 Å². The van der Waals surface area contributed by atoms with E-state index in [1.54, 1.807) is 0 Å². The first-order chi connectivity index (χ1) is 12.2. The van der Waals surface area contributed by atoms with Gasteiger partial charge in [0.1, 0.15) is 5.75 Å². The summed E-state index contributed by atoms with van der Waals surface area (Å²) in [5.74, 6) is 1.32. The van der Waals surface area contributed by atoms with Gasteiger partial charge in [-0.05, 0) is 95.2 Å². The van der Waals surface area contributed by atoms with Crippen LogP contribution in [0.3, 0.4) is 0 Å². The Morgan fingerprint density at radius 1 is 0.920 bits per heavy atom. The van der Waals surface area contributed by atoms with Gasteiger partial charge in [-0.1, -0.05) is 26.0 Å². The summed E-state index contributed by atoms with van der Waals surface area (Å²) in [6, 6.07) is 14.3. The number of phenolic OH excluding ortho intramolecular Hbond substituents is 1. The summed E-state index contributed by atoms with van der Waals surface area (Å²) < 4.78 is 0. The highest BCUT2D eigenvalue weighted by Gasteiger charge is 2.35. The van der Waals surface area contributed by atoms with Gasteiger partial charge in [0.25, 0.3) is 0 Å². The van der Waals surface area contributed by atoms with E-state index in [0.717, 1.165) is 31.2 Å². The van der Waals surface area contributed by atoms with Crippen molar-refractivity contribution in [3.8, 4) is 11.8 Å². The third kappa shape index (κ3) is 2.46. The van der Waals surface area contributed by atoms with Gasteiger partial charge in [-0.3, -0.25) is 0 Å². The molecule has 0 aromatic heterocycles. The Balaban J connectivity index is 2.00. The second-order valence-electron chi connectivity index (χ2n) is 7.27. The number of benzene rings is 2. The maximum Gasteiger partial charge on any atom is 0.115 e. The molecule has 2 aromatic carbocycles. The molecule has 2 heteroatoms. The van der Waals surface area contributed by atoms with Crippen LogP contribution in [-0.2, 0) is 12.8 Å². The average Bonchev–Trinajstić information content (AvgIpc) is 2.65. The second-order valence-corrected chi connectivity index (χ2v) is 7.27. The normalized spacial score (nSPS) is 21.2. The molecule has 0 saturated carbocycles. The molecule has 0 fully saturated rings. The number of rotatable bonds is 2. The summed E-state index contributed by atoms with van der Waals surface area (Å²) >= 11 is 0. The Hall–Kier alpha value is -2.53. The van der Waals surface area contributed by atoms with Crippen LogP contribution < -0.4 is 0 Å². The number of phenols is 1. The molecule has 0 spiro atoms. The van der Waals surface area contributed by atoms with Crippen LogP contribution in [0.15, 0.2) is 36.4 Å². The van der Waals surface area contributed by atoms with Crippen molar-refractivity contribution in [3.05, 3.63) is 64.2 Å². The lowest BCUT2D eigenvalue weighted by Gasteiger charge is -2.38. The lowest BCUT2D eigenvalue weighted by atomic mass is 9.65. The standard InChI is InChI=1S/C23H23NO/c1-3-15-10-17-9-14(13-24)5-7-20(17)22-16(4-2)11-18-12-19(25)6-8-21(18)23(15)22/h5-9,12,15-16,25H,3-4,10-11H2,1-2H3/t15-,16+/m0/s1. The second kappa shape index (κ2) is 6.08. The first-order valence-corrected chi connectivity index (χ1v) is 9.25. The first-order valence-electron chi connectivity index (χ1n) is 9.25. The van der Waals surface area contributed by atoms with E-state index in [-0.39, 0.29) is 0 Å². The Morgan fingerprint density at radius 2 is 1.48 bits per heavy atom. The van der Waals surface area contributed by atoms with Gasteiger partial charge < -0.3 is 5.11 Å². The molecule has 0 bridgehead atoms. The molecule has 2 aliphatic rings. The lowest BCUT2D eigenvalue weighted by Crippen LogP contribution is -2.24. The van der Waals surface area contributed by atoms with E-state index in [4.69, 9.17) is 0 Å². The van der Waals surface area contributed by atoms with Gasteiger partial charge in [0.15, 0.2) is 0 Å². The Morgan fingerprint density at radius 3 is 2.04 bits per heavy atom. The molecule has 0 amide bonds. The van der Waals surface area contributed by atoms with Gasteiger partial charge in [-0.15, -0.1) is 0 Å². The van der Waals surface area contributed by atoms with E-state index in [9.17, 15) is 10.4 Å². The molecule has 2 aromatic rings. The fraction of sp³-hybridized carbons (Fsp3) is 0.348. The van der Waals surface area contributed by atoms with Crippen molar-refractivity contribution in [2.75, 3.05) is 0 Å². The molecule has 25 heavy (non-hydrogen) atoms. The van der Waals surface area contributed by atoms with Crippen LogP contribution in [0.2, 0.25) is 0 Å². The number of nitrogens with zero attached hydrogens (tertiary/aromatic N) is 1. The highest BCUT2D eigenvalue weighted by molar-refractivity contribution is 5.98. The van der Waals surface area contributed by atoms with Crippen molar-refractivity contribution in [2.45, 2.75) is 39.5 Å². The molecule has 0 unspecified atom stereocenters. The smallest absolute Gasteiger partial charge is 0.115 e. The fourth-order valence-electron chi connectivity index (χ4n) is 4.71. The van der Waals surface area contributed by atoms with Crippen molar-refractivity contribution in [1.82, 2.24) is 0 Å². The van der Waals surface area contributed by atoms with E-state index in [1.165, 1.54) is 33.4 Å². The molecule has 0 heterocycles. The molecule has 1 N–H and O–H groups in total. The molecule has 0 saturated heterocycles. The molecule has 0 aliphatic heterocycles. The van der Waals surface area contributed by atoms with Crippen LogP contribution in [0.1, 0.15) is 54.5 Å². The van der Waals surface area contributed by atoms with Crippen LogP contribution in [0.4, 0.5) is 0 Å². The maximum absolute atomic E-state index is 9.94. The summed E-state index contributed by atoms with van der Waals surface area (Å²) in [5, 5.41) is 19.2. The third-order valence-corrected chi connectivity index (χ3v) is 5.93. The van der Waals surface area contributed by atoms with Gasteiger partial charge in [0.05, 0.1) is 11.6 Å². The molecule has 2 nitrogen and oxygen atoms in total. The molecule has 4 rings (SSSR count). The van der Waals surface area contributed by atoms with E-state index < -0.39 is 0 Å². The van der Waals surface area contributed by atoms with Crippen LogP contribution in [-0.4, -0.2) is 5.11 Å². The number of hydrogen-bond acceptors (Lipinski definition) is 2. The van der Waals surface area contributed by atoms with Gasteiger partial charge in [0, 0.05) is 0 Å². The highest BCUT2D eigenvalue weighted by Crippen LogP contribution is 2.50. The van der Waals surface area contributed by atoms with Gasteiger partial charge in [-0.25, -0.2) is 0 Å². The summed E-state index contributed by atoms with van der Waals surface area (Å²) in [6.45, 7) is 4.51. The zero-order valence-corrected chi connectivity index (χ0v) is 14.8. The zero-order chi connectivity index (χ0) is 17.6. The van der Waals surface area contributed by atoms with E-state index in [0.29, 0.717) is 17.6 Å². The number of hydrogen-bond donors (Lipinski definition) is 1. The van der Waals surface area contributed by atoms with Crippen molar-refractivity contribution < 1.29 is 5.11 Å². The minimum Gasteiger partial charge on any atom is -0.508 e. The predicted octanol–water partition coefficient (Wildman–Crippen LogP) is 5.34. The maximum atomic E-state index is 9.94. The Labute approximate surface area is 149 Å². The molecule has 2 aliphatic carbocycles. The first kappa shape index (κ1) is 16.0. The molecular formula is C23H23NO. The minimum atomic E-state index is 0.362. The summed E-state index contributed by atoms with van der Waals surface area (Å²) in [4.78, 5) is 0. The van der Waals surface area contributed by atoms with Crippen molar-refractivity contribution in [2.24, 2.45) is 11.8 Å². The van der Waals surface area contributed by atoms with Crippen LogP contribution in [0, 0.1) is 23.2 Å². The summed E-state index contributed by atoms with van der Waals surface area (Å²) in [5.41, 5.74) is 8.98. The quantitative estimate of drug-likeness (QED) is 0.808. The molecule has 2 atom stereocenters. The van der Waals surface area contributed by atoms with Crippen LogP contribution in [0.5, 0.6) is 5.75 Å². The number of aromatic hydroxyl groups is 1. The predicted molar refractivity (Wildman–Crippen MR) is 101 cm³/mol. The average molecular weight is 329 g/mol. The topological polar surface area (TPSA) is 44.0 Å². The van der Waals surface area contributed by atoms with Crippen molar-refractivity contribution in [1.29, 1.82) is 5.26 Å².